The zero-order chi connectivity index (χ0) is 22.6. The molecule has 0 N–H and O–H groups in total. The van der Waals surface area contributed by atoms with Gasteiger partial charge < -0.3 is 4.90 Å². The molecule has 3 heterocycles. The first-order valence-electron chi connectivity index (χ1n) is 11.3. The highest BCUT2D eigenvalue weighted by molar-refractivity contribution is 5.94. The fourth-order valence-electron chi connectivity index (χ4n) is 4.50. The zero-order valence-corrected chi connectivity index (χ0v) is 18.7. The summed E-state index contributed by atoms with van der Waals surface area (Å²) in [5.74, 6) is 0.0378. The van der Waals surface area contributed by atoms with Gasteiger partial charge in [-0.25, -0.2) is 0 Å². The average molecular weight is 438 g/mol. The van der Waals surface area contributed by atoms with Gasteiger partial charge in [-0.3, -0.25) is 19.4 Å². The van der Waals surface area contributed by atoms with Crippen LogP contribution in [0.15, 0.2) is 91.4 Å². The topological polar surface area (TPSA) is 54.3 Å². The van der Waals surface area contributed by atoms with Gasteiger partial charge in [-0.15, -0.1) is 0 Å². The van der Waals surface area contributed by atoms with Crippen molar-refractivity contribution in [2.75, 3.05) is 26.2 Å². The van der Waals surface area contributed by atoms with Gasteiger partial charge in [0.2, 0.25) is 0 Å². The first-order valence-corrected chi connectivity index (χ1v) is 11.3. The number of carbonyl (C=O) groups excluding carboxylic acids is 1. The van der Waals surface area contributed by atoms with Gasteiger partial charge in [0, 0.05) is 51.2 Å². The Balaban J connectivity index is 1.28. The molecule has 1 fully saturated rings. The van der Waals surface area contributed by atoms with E-state index >= 15 is 0 Å². The Hall–Kier alpha value is -3.77. The van der Waals surface area contributed by atoms with Crippen LogP contribution < -0.4 is 0 Å². The summed E-state index contributed by atoms with van der Waals surface area (Å²) in [7, 11) is 1.88. The molecule has 2 aromatic heterocycles. The minimum atomic E-state index is 0.0378. The van der Waals surface area contributed by atoms with Crippen LogP contribution in [0.1, 0.15) is 27.5 Å². The molecule has 33 heavy (non-hydrogen) atoms. The van der Waals surface area contributed by atoms with E-state index in [1.165, 1.54) is 11.1 Å². The number of nitrogens with zero attached hydrogens (tertiary/aromatic N) is 5. The number of aryl methyl sites for hydroxylation is 1. The van der Waals surface area contributed by atoms with Gasteiger partial charge in [0.05, 0.1) is 23.5 Å². The molecule has 1 saturated heterocycles. The minimum Gasteiger partial charge on any atom is -0.336 e. The maximum absolute atomic E-state index is 13.1. The van der Waals surface area contributed by atoms with Crippen molar-refractivity contribution in [2.24, 2.45) is 7.05 Å². The molecule has 5 rings (SSSR count). The monoisotopic (exact) mass is 437 g/mol. The lowest BCUT2D eigenvalue weighted by molar-refractivity contribution is 0.0597. The van der Waals surface area contributed by atoms with E-state index in [1.807, 2.05) is 30.3 Å². The van der Waals surface area contributed by atoms with Gasteiger partial charge in [-0.1, -0.05) is 60.7 Å². The van der Waals surface area contributed by atoms with E-state index in [9.17, 15) is 4.79 Å². The van der Waals surface area contributed by atoms with E-state index in [4.69, 9.17) is 0 Å². The highest BCUT2D eigenvalue weighted by atomic mass is 16.2. The Bertz CT molecular complexity index is 1160. The van der Waals surface area contributed by atoms with Crippen molar-refractivity contribution in [3.05, 3.63) is 108 Å². The summed E-state index contributed by atoms with van der Waals surface area (Å²) in [6.45, 7) is 3.03. The third-order valence-corrected chi connectivity index (χ3v) is 6.21. The van der Waals surface area contributed by atoms with Gasteiger partial charge in [0.1, 0.15) is 0 Å². The Morgan fingerprint density at radius 3 is 1.97 bits per heavy atom. The highest BCUT2D eigenvalue weighted by Gasteiger charge is 2.28. The second kappa shape index (κ2) is 9.38. The van der Waals surface area contributed by atoms with Crippen LogP contribution >= 0.6 is 0 Å². The van der Waals surface area contributed by atoms with Crippen molar-refractivity contribution in [1.29, 1.82) is 0 Å². The Labute approximate surface area is 194 Å². The second-order valence-corrected chi connectivity index (χ2v) is 8.39. The van der Waals surface area contributed by atoms with E-state index in [0.717, 1.165) is 24.3 Å². The van der Waals surface area contributed by atoms with Crippen molar-refractivity contribution in [2.45, 2.75) is 6.04 Å². The summed E-state index contributed by atoms with van der Waals surface area (Å²) < 4.78 is 1.74. The van der Waals surface area contributed by atoms with Crippen molar-refractivity contribution < 1.29 is 4.79 Å². The summed E-state index contributed by atoms with van der Waals surface area (Å²) in [6.07, 6.45) is 5.37. The van der Waals surface area contributed by atoms with Gasteiger partial charge in [0.25, 0.3) is 5.91 Å². The molecule has 6 heteroatoms. The van der Waals surface area contributed by atoms with Crippen LogP contribution in [-0.4, -0.2) is 56.7 Å². The molecule has 0 saturated carbocycles. The largest absolute Gasteiger partial charge is 0.336 e. The number of piperazine rings is 1. The molecule has 1 aliphatic heterocycles. The number of aromatic nitrogens is 3. The van der Waals surface area contributed by atoms with Crippen LogP contribution in [0.5, 0.6) is 0 Å². The average Bonchev–Trinajstić information content (AvgIpc) is 3.32. The number of pyridine rings is 1. The number of hydrogen-bond donors (Lipinski definition) is 0. The van der Waals surface area contributed by atoms with Gasteiger partial charge in [-0.05, 0) is 23.3 Å². The third-order valence-electron chi connectivity index (χ3n) is 6.21. The lowest BCUT2D eigenvalue weighted by Crippen LogP contribution is -2.49. The predicted octanol–water partition coefficient (Wildman–Crippen LogP) is 4.03. The molecular weight excluding hydrogens is 410 g/mol. The molecule has 0 bridgehead atoms. The smallest absolute Gasteiger partial charge is 0.255 e. The first kappa shape index (κ1) is 21.1. The van der Waals surface area contributed by atoms with E-state index < -0.39 is 0 Å². The maximum atomic E-state index is 13.1. The zero-order valence-electron chi connectivity index (χ0n) is 18.7. The second-order valence-electron chi connectivity index (χ2n) is 8.39. The normalized spacial score (nSPS) is 14.5. The van der Waals surface area contributed by atoms with Gasteiger partial charge in [0.15, 0.2) is 0 Å². The molecule has 0 spiro atoms. The van der Waals surface area contributed by atoms with Crippen LogP contribution in [0, 0.1) is 0 Å². The SMILES string of the molecule is Cn1cc(-c2ccc(C(=O)N3CCN(C(c4ccccc4)c4ccccc4)CC3)cn2)cn1. The molecule has 2 aromatic carbocycles. The van der Waals surface area contributed by atoms with Crippen molar-refractivity contribution >= 4 is 5.91 Å². The summed E-state index contributed by atoms with van der Waals surface area (Å²) in [4.78, 5) is 22.0. The summed E-state index contributed by atoms with van der Waals surface area (Å²) in [5, 5.41) is 4.19. The van der Waals surface area contributed by atoms with Crippen LogP contribution in [0.25, 0.3) is 11.3 Å². The van der Waals surface area contributed by atoms with Crippen molar-refractivity contribution in [3.63, 3.8) is 0 Å². The predicted molar refractivity (Wildman–Crippen MR) is 129 cm³/mol. The molecule has 0 atom stereocenters. The quantitative estimate of drug-likeness (QED) is 0.473. The number of hydrogen-bond acceptors (Lipinski definition) is 4. The lowest BCUT2D eigenvalue weighted by Gasteiger charge is -2.39. The van der Waals surface area contributed by atoms with E-state index in [-0.39, 0.29) is 11.9 Å². The van der Waals surface area contributed by atoms with E-state index in [1.54, 1.807) is 17.1 Å². The molecule has 6 nitrogen and oxygen atoms in total. The van der Waals surface area contributed by atoms with Gasteiger partial charge >= 0.3 is 0 Å². The fourth-order valence-corrected chi connectivity index (χ4v) is 4.50. The molecule has 0 unspecified atom stereocenters. The highest BCUT2D eigenvalue weighted by Crippen LogP contribution is 2.29. The molecule has 0 radical (unpaired) electrons. The fraction of sp³-hybridized carbons (Fsp3) is 0.222. The number of benzene rings is 2. The number of rotatable bonds is 5. The van der Waals surface area contributed by atoms with Gasteiger partial charge in [-0.2, -0.15) is 5.10 Å². The van der Waals surface area contributed by atoms with E-state index in [2.05, 4.69) is 75.6 Å². The van der Waals surface area contributed by atoms with Crippen LogP contribution in [-0.2, 0) is 7.05 Å². The molecule has 1 amide bonds. The van der Waals surface area contributed by atoms with E-state index in [0.29, 0.717) is 18.7 Å². The van der Waals surface area contributed by atoms with Crippen LogP contribution in [0.4, 0.5) is 0 Å². The van der Waals surface area contributed by atoms with Crippen LogP contribution in [0.2, 0.25) is 0 Å². The number of carbonyl (C=O) groups is 1. The molecule has 166 valence electrons. The lowest BCUT2D eigenvalue weighted by atomic mass is 9.96. The Kier molecular flexibility index (Phi) is 6.00. The minimum absolute atomic E-state index is 0.0378. The molecule has 0 aliphatic carbocycles. The Morgan fingerprint density at radius 1 is 0.818 bits per heavy atom. The van der Waals surface area contributed by atoms with Crippen molar-refractivity contribution in [1.82, 2.24) is 24.6 Å². The Morgan fingerprint density at radius 2 is 1.45 bits per heavy atom. The molecular formula is C27H27N5O. The standard InChI is InChI=1S/C27H27N5O/c1-30-20-24(19-29-30)25-13-12-23(18-28-25)27(33)32-16-14-31(15-17-32)26(21-8-4-2-5-9-21)22-10-6-3-7-11-22/h2-13,18-20,26H,14-17H2,1H3. The van der Waals surface area contributed by atoms with Crippen LogP contribution in [0.3, 0.4) is 0 Å². The molecule has 4 aromatic rings. The molecule has 1 aliphatic rings. The number of amides is 1. The summed E-state index contributed by atoms with van der Waals surface area (Å²) >= 11 is 0. The maximum Gasteiger partial charge on any atom is 0.255 e. The van der Waals surface area contributed by atoms with Crippen molar-refractivity contribution in [3.8, 4) is 11.3 Å². The summed E-state index contributed by atoms with van der Waals surface area (Å²) in [6, 6.07) is 25.1. The first-order chi connectivity index (χ1) is 16.2. The third kappa shape index (κ3) is 4.56. The summed E-state index contributed by atoms with van der Waals surface area (Å²) in [5.41, 5.74) is 4.94.